The third-order valence-electron chi connectivity index (χ3n) is 1.65. The van der Waals surface area contributed by atoms with Crippen molar-refractivity contribution < 1.29 is 33.6 Å². The molecule has 0 fully saturated rings. The van der Waals surface area contributed by atoms with E-state index in [1.807, 2.05) is 0 Å². The molecule has 0 rings (SSSR count). The molecule has 0 aromatic carbocycles. The summed E-state index contributed by atoms with van der Waals surface area (Å²) in [6.45, 7) is 3.01. The van der Waals surface area contributed by atoms with Crippen molar-refractivity contribution in [2.24, 2.45) is 0 Å². The average molecular weight is 287 g/mol. The first-order chi connectivity index (χ1) is 4.95. The van der Waals surface area contributed by atoms with Gasteiger partial charge in [-0.1, -0.05) is 19.8 Å². The molecule has 0 aliphatic carbocycles. The fourth-order valence-corrected chi connectivity index (χ4v) is 1.16. The molecule has 0 aliphatic rings. The first-order valence-electron chi connectivity index (χ1n) is 4.44. The summed E-state index contributed by atoms with van der Waals surface area (Å²) in [6.07, 6.45) is 3.15. The second-order valence-electron chi connectivity index (χ2n) is 4.27. The predicted molar refractivity (Wildman–Crippen MR) is 48.4 cm³/mol. The molecule has 76 valence electrons. The Balaban J connectivity index is 0. The van der Waals surface area contributed by atoms with Crippen molar-refractivity contribution in [3.8, 4) is 0 Å². The van der Waals surface area contributed by atoms with Gasteiger partial charge in [0.05, 0.1) is 21.1 Å². The molecule has 0 bridgehead atoms. The molecule has 12 heavy (non-hydrogen) atoms. The van der Waals surface area contributed by atoms with Crippen LogP contribution >= 0.6 is 0 Å². The van der Waals surface area contributed by atoms with Crippen LogP contribution in [0.5, 0.6) is 0 Å². The summed E-state index contributed by atoms with van der Waals surface area (Å²) in [4.78, 5) is 0. The van der Waals surface area contributed by atoms with E-state index in [0.29, 0.717) is 0 Å². The highest BCUT2D eigenvalue weighted by Crippen LogP contribution is 2.03. The largest absolute Gasteiger partial charge is 1.00 e. The highest BCUT2D eigenvalue weighted by molar-refractivity contribution is 4.52. The molecular formula is C9H22INO. The molecule has 0 amide bonds. The molecule has 0 saturated heterocycles. The van der Waals surface area contributed by atoms with Crippen molar-refractivity contribution in [3.05, 3.63) is 0 Å². The summed E-state index contributed by atoms with van der Waals surface area (Å²) in [5.41, 5.74) is 0. The van der Waals surface area contributed by atoms with Crippen LogP contribution in [0.4, 0.5) is 0 Å². The van der Waals surface area contributed by atoms with E-state index in [2.05, 4.69) is 28.1 Å². The lowest BCUT2D eigenvalue weighted by Gasteiger charge is -2.26. The Bertz CT molecular complexity index is 101. The van der Waals surface area contributed by atoms with Gasteiger partial charge in [-0.05, 0) is 6.42 Å². The molecule has 3 heteroatoms. The molecule has 0 heterocycles. The number of unbranched alkanes of at least 4 members (excludes halogenated alkanes) is 1. The Morgan fingerprint density at radius 3 is 2.08 bits per heavy atom. The maximum Gasteiger partial charge on any atom is 0.104 e. The summed E-state index contributed by atoms with van der Waals surface area (Å²) in [5.74, 6) is 0. The molecular weight excluding hydrogens is 265 g/mol. The van der Waals surface area contributed by atoms with Crippen LogP contribution in [0.1, 0.15) is 26.2 Å². The van der Waals surface area contributed by atoms with Crippen LogP contribution in [-0.4, -0.2) is 43.4 Å². The van der Waals surface area contributed by atoms with Crippen molar-refractivity contribution in [1.29, 1.82) is 0 Å². The monoisotopic (exact) mass is 287 g/mol. The Labute approximate surface area is 93.6 Å². The first-order valence-corrected chi connectivity index (χ1v) is 4.44. The third-order valence-corrected chi connectivity index (χ3v) is 1.65. The van der Waals surface area contributed by atoms with Crippen molar-refractivity contribution in [1.82, 2.24) is 0 Å². The molecule has 0 aliphatic heterocycles. The summed E-state index contributed by atoms with van der Waals surface area (Å²) in [5, 5.41) is 9.50. The molecule has 0 spiro atoms. The van der Waals surface area contributed by atoms with Gasteiger partial charge in [-0.3, -0.25) is 0 Å². The number of rotatable bonds is 5. The van der Waals surface area contributed by atoms with Gasteiger partial charge < -0.3 is 33.6 Å². The van der Waals surface area contributed by atoms with Gasteiger partial charge in [0.25, 0.3) is 0 Å². The van der Waals surface area contributed by atoms with Crippen LogP contribution in [-0.2, 0) is 0 Å². The summed E-state index contributed by atoms with van der Waals surface area (Å²) < 4.78 is 0.852. The van der Waals surface area contributed by atoms with E-state index in [9.17, 15) is 5.11 Å². The van der Waals surface area contributed by atoms with Crippen LogP contribution in [0.25, 0.3) is 0 Å². The highest BCUT2D eigenvalue weighted by atomic mass is 127. The molecule has 1 N–H and O–H groups in total. The van der Waals surface area contributed by atoms with E-state index in [1.165, 1.54) is 6.42 Å². The zero-order valence-corrected chi connectivity index (χ0v) is 10.8. The Morgan fingerprint density at radius 1 is 1.25 bits per heavy atom. The van der Waals surface area contributed by atoms with Gasteiger partial charge in [0.1, 0.15) is 12.6 Å². The van der Waals surface area contributed by atoms with Gasteiger partial charge >= 0.3 is 0 Å². The van der Waals surface area contributed by atoms with E-state index < -0.39 is 0 Å². The molecule has 0 saturated carbocycles. The van der Waals surface area contributed by atoms with Gasteiger partial charge in [-0.25, -0.2) is 0 Å². The average Bonchev–Trinajstić information content (AvgIpc) is 1.79. The van der Waals surface area contributed by atoms with Crippen molar-refractivity contribution >= 4 is 0 Å². The number of aliphatic hydroxyl groups is 1. The lowest BCUT2D eigenvalue weighted by Crippen LogP contribution is -3.00. The SMILES string of the molecule is CCCCC(O)C[N+](C)(C)C.[I-]. The standard InChI is InChI=1S/C9H22NO.HI/c1-5-6-7-9(11)8-10(2,3)4;/h9,11H,5-8H2,1-4H3;1H/q+1;/p-1. The minimum atomic E-state index is -0.116. The molecule has 2 nitrogen and oxygen atoms in total. The van der Waals surface area contributed by atoms with E-state index >= 15 is 0 Å². The van der Waals surface area contributed by atoms with Crippen LogP contribution in [0.2, 0.25) is 0 Å². The maximum absolute atomic E-state index is 9.50. The summed E-state index contributed by atoms with van der Waals surface area (Å²) >= 11 is 0. The topological polar surface area (TPSA) is 20.2 Å². The van der Waals surface area contributed by atoms with E-state index in [0.717, 1.165) is 23.9 Å². The lowest BCUT2D eigenvalue weighted by atomic mass is 10.1. The zero-order chi connectivity index (χ0) is 8.91. The fraction of sp³-hybridized carbons (Fsp3) is 1.00. The van der Waals surface area contributed by atoms with Crippen molar-refractivity contribution in [2.75, 3.05) is 27.7 Å². The van der Waals surface area contributed by atoms with E-state index in [4.69, 9.17) is 0 Å². The summed E-state index contributed by atoms with van der Waals surface area (Å²) in [6, 6.07) is 0. The van der Waals surface area contributed by atoms with E-state index in [-0.39, 0.29) is 30.1 Å². The second kappa shape index (κ2) is 7.09. The van der Waals surface area contributed by atoms with Crippen LogP contribution in [0.3, 0.4) is 0 Å². The number of likely N-dealkylation sites (N-methyl/N-ethyl adjacent to an activating group) is 1. The quantitative estimate of drug-likeness (QED) is 0.470. The Hall–Kier alpha value is 0.650. The molecule has 1 unspecified atom stereocenters. The van der Waals surface area contributed by atoms with Crippen LogP contribution in [0.15, 0.2) is 0 Å². The van der Waals surface area contributed by atoms with Crippen molar-refractivity contribution in [2.45, 2.75) is 32.3 Å². The first kappa shape index (κ1) is 15.1. The van der Waals surface area contributed by atoms with Crippen LogP contribution in [0, 0.1) is 0 Å². The van der Waals surface area contributed by atoms with Crippen LogP contribution < -0.4 is 24.0 Å². The fourth-order valence-electron chi connectivity index (χ4n) is 1.16. The number of aliphatic hydroxyl groups excluding tert-OH is 1. The second-order valence-corrected chi connectivity index (χ2v) is 4.27. The lowest BCUT2D eigenvalue weighted by molar-refractivity contribution is -0.873. The summed E-state index contributed by atoms with van der Waals surface area (Å²) in [7, 11) is 6.32. The zero-order valence-electron chi connectivity index (χ0n) is 8.68. The number of hydrogen-bond donors (Lipinski definition) is 1. The number of quaternary nitrogens is 1. The maximum atomic E-state index is 9.50. The Morgan fingerprint density at radius 2 is 1.75 bits per heavy atom. The molecule has 0 aromatic rings. The van der Waals surface area contributed by atoms with Gasteiger partial charge in [-0.15, -0.1) is 0 Å². The number of hydrogen-bond acceptors (Lipinski definition) is 1. The van der Waals surface area contributed by atoms with Crippen molar-refractivity contribution in [3.63, 3.8) is 0 Å². The normalized spacial score (nSPS) is 13.8. The minimum Gasteiger partial charge on any atom is -1.00 e. The van der Waals surface area contributed by atoms with Gasteiger partial charge in [-0.2, -0.15) is 0 Å². The highest BCUT2D eigenvalue weighted by Gasteiger charge is 2.13. The van der Waals surface area contributed by atoms with Gasteiger partial charge in [0.2, 0.25) is 0 Å². The molecule has 0 radical (unpaired) electrons. The molecule has 1 atom stereocenters. The minimum absolute atomic E-state index is 0. The predicted octanol–water partition coefficient (Wildman–Crippen LogP) is -1.75. The van der Waals surface area contributed by atoms with Gasteiger partial charge in [0, 0.05) is 0 Å². The smallest absolute Gasteiger partial charge is 0.104 e. The number of halogens is 1. The Kier molecular flexibility index (Phi) is 8.95. The van der Waals surface area contributed by atoms with E-state index in [1.54, 1.807) is 0 Å². The number of nitrogens with zero attached hydrogens (tertiary/aromatic N) is 1. The molecule has 0 aromatic heterocycles. The van der Waals surface area contributed by atoms with Gasteiger partial charge in [0.15, 0.2) is 0 Å². The third kappa shape index (κ3) is 10.7.